The first kappa shape index (κ1) is 23.5. The van der Waals surface area contributed by atoms with Crippen molar-refractivity contribution in [3.63, 3.8) is 0 Å². The Morgan fingerprint density at radius 1 is 0.895 bits per heavy atom. The van der Waals surface area contributed by atoms with Gasteiger partial charge < -0.3 is 5.84 Å². The lowest BCUT2D eigenvalue weighted by Crippen LogP contribution is -2.29. The SMILES string of the molecule is C=Cc1ccccc1C1C=c2ccc3c(c2CC1=O)CC=c1c(C#Cc2ccc(C=NN)cc2)cccc1=3. The van der Waals surface area contributed by atoms with Gasteiger partial charge in [-0.15, -0.1) is 0 Å². The molecule has 0 saturated carbocycles. The molecule has 0 aromatic heterocycles. The largest absolute Gasteiger partial charge is 0.323 e. The predicted octanol–water partition coefficient (Wildman–Crippen LogP) is 4.34. The molecule has 0 radical (unpaired) electrons. The number of carbonyl (C=O) groups excluding carboxylic acids is 1. The molecule has 0 spiro atoms. The fraction of sp³-hybridized carbons (Fsp3) is 0.0857. The Hall–Kier alpha value is -4.94. The van der Waals surface area contributed by atoms with Crippen molar-refractivity contribution in [3.8, 4) is 11.8 Å². The van der Waals surface area contributed by atoms with Gasteiger partial charge in [0, 0.05) is 17.5 Å². The monoisotopic (exact) mass is 490 g/mol. The maximum absolute atomic E-state index is 13.4. The number of rotatable bonds is 3. The number of nitrogens with two attached hydrogens (primary N) is 1. The summed E-state index contributed by atoms with van der Waals surface area (Å²) >= 11 is 0. The Labute approximate surface area is 221 Å². The highest BCUT2D eigenvalue weighted by molar-refractivity contribution is 5.96. The summed E-state index contributed by atoms with van der Waals surface area (Å²) in [7, 11) is 0. The second-order valence-electron chi connectivity index (χ2n) is 9.61. The van der Waals surface area contributed by atoms with Crippen LogP contribution >= 0.6 is 0 Å². The van der Waals surface area contributed by atoms with Gasteiger partial charge in [0.1, 0.15) is 5.78 Å². The average Bonchev–Trinajstić information content (AvgIpc) is 2.96. The van der Waals surface area contributed by atoms with Gasteiger partial charge in [-0.1, -0.05) is 97.3 Å². The number of hydrogen-bond acceptors (Lipinski definition) is 3. The average molecular weight is 491 g/mol. The van der Waals surface area contributed by atoms with Crippen molar-refractivity contribution >= 4 is 30.2 Å². The molecule has 4 aromatic carbocycles. The first-order valence-corrected chi connectivity index (χ1v) is 12.7. The second-order valence-corrected chi connectivity index (χ2v) is 9.61. The minimum absolute atomic E-state index is 0.231. The highest BCUT2D eigenvalue weighted by Crippen LogP contribution is 2.28. The topological polar surface area (TPSA) is 55.5 Å². The second kappa shape index (κ2) is 9.84. The molecular weight excluding hydrogens is 464 g/mol. The number of ketones is 1. The summed E-state index contributed by atoms with van der Waals surface area (Å²) in [6, 6.07) is 26.5. The lowest BCUT2D eigenvalue weighted by molar-refractivity contribution is -0.118. The first-order chi connectivity index (χ1) is 18.7. The van der Waals surface area contributed by atoms with E-state index >= 15 is 0 Å². The summed E-state index contributed by atoms with van der Waals surface area (Å²) in [6.07, 6.45) is 9.06. The molecule has 2 aliphatic carbocycles. The summed E-state index contributed by atoms with van der Waals surface area (Å²) in [5.74, 6) is 11.9. The van der Waals surface area contributed by atoms with Crippen LogP contribution in [0.3, 0.4) is 0 Å². The van der Waals surface area contributed by atoms with Gasteiger partial charge in [0.2, 0.25) is 0 Å². The first-order valence-electron chi connectivity index (χ1n) is 12.7. The van der Waals surface area contributed by atoms with E-state index in [-0.39, 0.29) is 11.7 Å². The molecule has 182 valence electrons. The van der Waals surface area contributed by atoms with Gasteiger partial charge in [-0.2, -0.15) is 5.10 Å². The van der Waals surface area contributed by atoms with Gasteiger partial charge in [-0.3, -0.25) is 4.79 Å². The number of hydrogen-bond donors (Lipinski definition) is 1. The van der Waals surface area contributed by atoms with Crippen LogP contribution in [0.25, 0.3) is 18.2 Å². The Kier molecular flexibility index (Phi) is 6.08. The van der Waals surface area contributed by atoms with Gasteiger partial charge in [0.05, 0.1) is 12.1 Å². The third-order valence-corrected chi connectivity index (χ3v) is 7.44. The van der Waals surface area contributed by atoms with Crippen molar-refractivity contribution in [2.75, 3.05) is 0 Å². The Morgan fingerprint density at radius 2 is 1.74 bits per heavy atom. The lowest BCUT2D eigenvalue weighted by atomic mass is 9.80. The summed E-state index contributed by atoms with van der Waals surface area (Å²) in [5, 5.41) is 8.24. The number of benzene rings is 4. The molecule has 4 aromatic rings. The maximum atomic E-state index is 13.4. The highest BCUT2D eigenvalue weighted by atomic mass is 16.1. The fourth-order valence-corrected chi connectivity index (χ4v) is 5.57. The van der Waals surface area contributed by atoms with E-state index in [1.54, 1.807) is 6.21 Å². The molecule has 2 N–H and O–H groups in total. The normalized spacial score (nSPS) is 15.3. The molecule has 6 rings (SSSR count). The van der Waals surface area contributed by atoms with E-state index in [0.717, 1.165) is 50.2 Å². The van der Waals surface area contributed by atoms with E-state index in [0.29, 0.717) is 6.42 Å². The number of carbonyl (C=O) groups is 1. The number of hydrazone groups is 1. The van der Waals surface area contributed by atoms with E-state index in [1.807, 2.05) is 54.6 Å². The van der Waals surface area contributed by atoms with Crippen LogP contribution in [-0.2, 0) is 17.6 Å². The van der Waals surface area contributed by atoms with Crippen LogP contribution in [0.2, 0.25) is 0 Å². The van der Waals surface area contributed by atoms with Crippen LogP contribution in [0.5, 0.6) is 0 Å². The van der Waals surface area contributed by atoms with Crippen molar-refractivity contribution in [2.24, 2.45) is 10.9 Å². The zero-order valence-electron chi connectivity index (χ0n) is 20.9. The smallest absolute Gasteiger partial charge is 0.148 e. The van der Waals surface area contributed by atoms with Gasteiger partial charge in [0.15, 0.2) is 0 Å². The highest BCUT2D eigenvalue weighted by Gasteiger charge is 2.26. The molecule has 1 atom stereocenters. The van der Waals surface area contributed by atoms with Gasteiger partial charge in [-0.05, 0) is 73.3 Å². The Bertz CT molecular complexity index is 1920. The molecule has 2 aliphatic rings. The molecule has 0 saturated heterocycles. The molecule has 0 aliphatic heterocycles. The minimum Gasteiger partial charge on any atom is -0.323 e. The zero-order valence-corrected chi connectivity index (χ0v) is 20.9. The summed E-state index contributed by atoms with van der Waals surface area (Å²) in [4.78, 5) is 13.4. The minimum atomic E-state index is -0.242. The quantitative estimate of drug-likeness (QED) is 0.201. The van der Waals surface area contributed by atoms with Crippen LogP contribution in [0.1, 0.15) is 44.9 Å². The summed E-state index contributed by atoms with van der Waals surface area (Å²) in [6.45, 7) is 3.93. The third kappa shape index (κ3) is 4.17. The van der Waals surface area contributed by atoms with Crippen LogP contribution in [-0.4, -0.2) is 12.0 Å². The summed E-state index contributed by atoms with van der Waals surface area (Å²) in [5.41, 5.74) is 7.32. The van der Waals surface area contributed by atoms with Crippen LogP contribution in [0.15, 0.2) is 90.5 Å². The molecule has 38 heavy (non-hydrogen) atoms. The van der Waals surface area contributed by atoms with Crippen molar-refractivity contribution in [1.82, 2.24) is 0 Å². The number of Topliss-reactive ketones (excluding diaryl/α,β-unsaturated/α-hetero) is 1. The van der Waals surface area contributed by atoms with E-state index < -0.39 is 0 Å². The van der Waals surface area contributed by atoms with E-state index in [4.69, 9.17) is 5.84 Å². The molecule has 0 fully saturated rings. The molecule has 3 nitrogen and oxygen atoms in total. The molecule has 3 heteroatoms. The van der Waals surface area contributed by atoms with Gasteiger partial charge in [0.25, 0.3) is 0 Å². The van der Waals surface area contributed by atoms with Gasteiger partial charge in [-0.25, -0.2) is 0 Å². The van der Waals surface area contributed by atoms with Crippen molar-refractivity contribution in [3.05, 3.63) is 145 Å². The van der Waals surface area contributed by atoms with Crippen LogP contribution in [0, 0.1) is 22.3 Å². The molecule has 0 amide bonds. The number of fused-ring (bicyclic) bond motifs is 4. The fourth-order valence-electron chi connectivity index (χ4n) is 5.57. The Morgan fingerprint density at radius 3 is 2.55 bits per heavy atom. The third-order valence-electron chi connectivity index (χ3n) is 7.44. The van der Waals surface area contributed by atoms with Crippen molar-refractivity contribution < 1.29 is 4.79 Å². The summed E-state index contributed by atoms with van der Waals surface area (Å²) < 4.78 is 0. The Balaban J connectivity index is 1.45. The van der Waals surface area contributed by atoms with E-state index in [2.05, 4.69) is 66.0 Å². The van der Waals surface area contributed by atoms with Crippen LogP contribution in [0.4, 0.5) is 0 Å². The van der Waals surface area contributed by atoms with Crippen molar-refractivity contribution in [1.29, 1.82) is 0 Å². The number of nitrogens with zero attached hydrogens (tertiary/aromatic N) is 1. The predicted molar refractivity (Wildman–Crippen MR) is 155 cm³/mol. The molecular formula is C35H26N2O. The van der Waals surface area contributed by atoms with Gasteiger partial charge >= 0.3 is 0 Å². The van der Waals surface area contributed by atoms with E-state index in [1.165, 1.54) is 16.0 Å². The lowest BCUT2D eigenvalue weighted by Gasteiger charge is -2.22. The van der Waals surface area contributed by atoms with Crippen molar-refractivity contribution in [2.45, 2.75) is 18.8 Å². The molecule has 0 heterocycles. The van der Waals surface area contributed by atoms with Crippen LogP contribution < -0.4 is 16.3 Å². The maximum Gasteiger partial charge on any atom is 0.148 e. The standard InChI is InChI=1S/C35H26N2O/c1-2-25-6-3-4-8-28(25)34-20-27-16-17-31-30-9-5-7-26(15-14-23-10-12-24(13-11-23)22-37-36)29(30)18-19-32(31)33(27)21-35(34)38/h2-13,16-18,20,22,34H,1,19,21,36H2. The molecule has 1 unspecified atom stereocenters. The zero-order chi connectivity index (χ0) is 26.1. The molecule has 0 bridgehead atoms. The van der Waals surface area contributed by atoms with E-state index in [9.17, 15) is 4.79 Å².